The molecule has 1 heterocycles. The first kappa shape index (κ1) is 13.8. The Morgan fingerprint density at radius 2 is 2.28 bits per heavy atom. The van der Waals surface area contributed by atoms with Gasteiger partial charge in [-0.25, -0.2) is 4.39 Å². The molecule has 1 atom stereocenters. The average Bonchev–Trinajstić information content (AvgIpc) is 2.36. The molecule has 1 aliphatic rings. The molecule has 1 aromatic carbocycles. The molecule has 1 fully saturated rings. The van der Waals surface area contributed by atoms with Crippen LogP contribution in [-0.2, 0) is 6.54 Å². The number of halogens is 2. The Balaban J connectivity index is 2.07. The maximum atomic E-state index is 13.6. The van der Waals surface area contributed by atoms with E-state index in [2.05, 4.69) is 4.90 Å². The topological polar surface area (TPSA) is 29.3 Å². The fraction of sp³-hybridized carbons (Fsp3) is 0.571. The van der Waals surface area contributed by atoms with Gasteiger partial charge in [-0.15, -0.1) is 0 Å². The largest absolute Gasteiger partial charge is 0.330 e. The number of piperidine rings is 1. The first-order valence-electron chi connectivity index (χ1n) is 6.47. The Bertz CT molecular complexity index is 423. The smallest absolute Gasteiger partial charge is 0.126 e. The molecule has 0 saturated carbocycles. The van der Waals surface area contributed by atoms with Crippen molar-refractivity contribution < 1.29 is 4.39 Å². The lowest BCUT2D eigenvalue weighted by atomic mass is 9.98. The SMILES string of the molecule is Cc1cc(Cl)c(CN2CCCC(CN)C2)cc1F. The summed E-state index contributed by atoms with van der Waals surface area (Å²) in [5, 5.41) is 0.656. The van der Waals surface area contributed by atoms with Crippen molar-refractivity contribution in [1.82, 2.24) is 4.90 Å². The zero-order valence-electron chi connectivity index (χ0n) is 10.8. The molecule has 4 heteroatoms. The van der Waals surface area contributed by atoms with E-state index in [1.807, 2.05) is 0 Å². The van der Waals surface area contributed by atoms with E-state index in [0.717, 1.165) is 31.6 Å². The number of rotatable bonds is 3. The van der Waals surface area contributed by atoms with Gasteiger partial charge in [-0.3, -0.25) is 4.90 Å². The highest BCUT2D eigenvalue weighted by molar-refractivity contribution is 6.31. The number of likely N-dealkylation sites (tertiary alicyclic amines) is 1. The van der Waals surface area contributed by atoms with Gasteiger partial charge >= 0.3 is 0 Å². The number of aryl methyl sites for hydroxylation is 1. The second-order valence-corrected chi connectivity index (χ2v) is 5.58. The molecule has 0 spiro atoms. The van der Waals surface area contributed by atoms with Gasteiger partial charge in [0.1, 0.15) is 5.82 Å². The molecule has 0 aromatic heterocycles. The number of hydrogen-bond donors (Lipinski definition) is 1. The van der Waals surface area contributed by atoms with Gasteiger partial charge in [0.2, 0.25) is 0 Å². The van der Waals surface area contributed by atoms with Gasteiger partial charge in [-0.2, -0.15) is 0 Å². The van der Waals surface area contributed by atoms with E-state index < -0.39 is 0 Å². The van der Waals surface area contributed by atoms with E-state index in [-0.39, 0.29) is 5.82 Å². The first-order chi connectivity index (χ1) is 8.60. The monoisotopic (exact) mass is 270 g/mol. The summed E-state index contributed by atoms with van der Waals surface area (Å²) in [5.74, 6) is 0.384. The molecule has 0 bridgehead atoms. The first-order valence-corrected chi connectivity index (χ1v) is 6.85. The fourth-order valence-corrected chi connectivity index (χ4v) is 2.81. The Labute approximate surface area is 113 Å². The predicted molar refractivity (Wildman–Crippen MR) is 73.2 cm³/mol. The maximum absolute atomic E-state index is 13.6. The summed E-state index contributed by atoms with van der Waals surface area (Å²) in [7, 11) is 0. The molecule has 0 aliphatic carbocycles. The van der Waals surface area contributed by atoms with Gasteiger partial charge in [-0.05, 0) is 62.0 Å². The minimum Gasteiger partial charge on any atom is -0.330 e. The van der Waals surface area contributed by atoms with Crippen LogP contribution in [0.1, 0.15) is 24.0 Å². The van der Waals surface area contributed by atoms with Gasteiger partial charge in [0, 0.05) is 18.1 Å². The summed E-state index contributed by atoms with van der Waals surface area (Å²) in [4.78, 5) is 2.32. The van der Waals surface area contributed by atoms with Crippen molar-refractivity contribution in [2.45, 2.75) is 26.3 Å². The third-order valence-electron chi connectivity index (χ3n) is 3.66. The van der Waals surface area contributed by atoms with E-state index in [1.54, 1.807) is 19.1 Å². The third kappa shape index (κ3) is 3.22. The van der Waals surface area contributed by atoms with Crippen molar-refractivity contribution in [3.05, 3.63) is 34.1 Å². The zero-order chi connectivity index (χ0) is 13.1. The minimum absolute atomic E-state index is 0.179. The van der Waals surface area contributed by atoms with Crippen LogP contribution in [0.2, 0.25) is 5.02 Å². The number of nitrogens with two attached hydrogens (primary N) is 1. The van der Waals surface area contributed by atoms with Gasteiger partial charge in [-0.1, -0.05) is 11.6 Å². The van der Waals surface area contributed by atoms with Crippen molar-refractivity contribution in [3.8, 4) is 0 Å². The highest BCUT2D eigenvalue weighted by Crippen LogP contribution is 2.24. The molecule has 0 amide bonds. The predicted octanol–water partition coefficient (Wildman–Crippen LogP) is 2.96. The van der Waals surface area contributed by atoms with Crippen LogP contribution in [0.25, 0.3) is 0 Å². The van der Waals surface area contributed by atoms with Gasteiger partial charge in [0.15, 0.2) is 0 Å². The van der Waals surface area contributed by atoms with E-state index >= 15 is 0 Å². The highest BCUT2D eigenvalue weighted by atomic mass is 35.5. The lowest BCUT2D eigenvalue weighted by molar-refractivity contribution is 0.171. The van der Waals surface area contributed by atoms with Gasteiger partial charge in [0.25, 0.3) is 0 Å². The normalized spacial score (nSPS) is 21.2. The van der Waals surface area contributed by atoms with Crippen molar-refractivity contribution in [3.63, 3.8) is 0 Å². The average molecular weight is 271 g/mol. The molecular formula is C14H20ClFN2. The summed E-state index contributed by atoms with van der Waals surface area (Å²) < 4.78 is 13.6. The number of nitrogens with zero attached hydrogens (tertiary/aromatic N) is 1. The van der Waals surface area contributed by atoms with Crippen molar-refractivity contribution in [2.75, 3.05) is 19.6 Å². The van der Waals surface area contributed by atoms with E-state index in [4.69, 9.17) is 17.3 Å². The third-order valence-corrected chi connectivity index (χ3v) is 4.01. The van der Waals surface area contributed by atoms with Crippen LogP contribution in [0, 0.1) is 18.7 Å². The van der Waals surface area contributed by atoms with Crippen LogP contribution in [0.5, 0.6) is 0 Å². The summed E-state index contributed by atoms with van der Waals surface area (Å²) in [5.41, 5.74) is 7.19. The molecular weight excluding hydrogens is 251 g/mol. The second kappa shape index (κ2) is 6.00. The van der Waals surface area contributed by atoms with Crippen molar-refractivity contribution >= 4 is 11.6 Å². The summed E-state index contributed by atoms with van der Waals surface area (Å²) in [6, 6.07) is 3.26. The van der Waals surface area contributed by atoms with Crippen molar-refractivity contribution in [2.24, 2.45) is 11.7 Å². The molecule has 1 aromatic rings. The number of benzene rings is 1. The lowest BCUT2D eigenvalue weighted by Crippen LogP contribution is -2.37. The summed E-state index contributed by atoms with van der Waals surface area (Å²) in [6.45, 7) is 5.21. The summed E-state index contributed by atoms with van der Waals surface area (Å²) in [6.07, 6.45) is 2.36. The quantitative estimate of drug-likeness (QED) is 0.915. The van der Waals surface area contributed by atoms with E-state index in [1.165, 1.54) is 6.42 Å². The second-order valence-electron chi connectivity index (χ2n) is 5.17. The molecule has 18 heavy (non-hydrogen) atoms. The van der Waals surface area contributed by atoms with Gasteiger partial charge < -0.3 is 5.73 Å². The van der Waals surface area contributed by atoms with E-state index in [9.17, 15) is 4.39 Å². The van der Waals surface area contributed by atoms with Crippen LogP contribution in [0.4, 0.5) is 4.39 Å². The molecule has 2 N–H and O–H groups in total. The van der Waals surface area contributed by atoms with Crippen molar-refractivity contribution in [1.29, 1.82) is 0 Å². The molecule has 100 valence electrons. The molecule has 1 saturated heterocycles. The van der Waals surface area contributed by atoms with Crippen LogP contribution < -0.4 is 5.73 Å². The molecule has 1 unspecified atom stereocenters. The Hall–Kier alpha value is -0.640. The van der Waals surface area contributed by atoms with E-state index in [0.29, 0.717) is 23.0 Å². The highest BCUT2D eigenvalue weighted by Gasteiger charge is 2.19. The fourth-order valence-electron chi connectivity index (χ4n) is 2.54. The minimum atomic E-state index is -0.179. The van der Waals surface area contributed by atoms with Crippen LogP contribution in [-0.4, -0.2) is 24.5 Å². The lowest BCUT2D eigenvalue weighted by Gasteiger charge is -2.32. The molecule has 2 rings (SSSR count). The zero-order valence-corrected chi connectivity index (χ0v) is 11.5. The standard InChI is InChI=1S/C14H20ClFN2/c1-10-5-13(15)12(6-14(10)16)9-18-4-2-3-11(7-17)8-18/h5-6,11H,2-4,7-9,17H2,1H3. The maximum Gasteiger partial charge on any atom is 0.126 e. The summed E-state index contributed by atoms with van der Waals surface area (Å²) >= 11 is 6.17. The van der Waals surface area contributed by atoms with Crippen LogP contribution in [0.3, 0.4) is 0 Å². The molecule has 0 radical (unpaired) electrons. The van der Waals surface area contributed by atoms with Gasteiger partial charge in [0.05, 0.1) is 0 Å². The van der Waals surface area contributed by atoms with Crippen LogP contribution in [0.15, 0.2) is 12.1 Å². The number of hydrogen-bond acceptors (Lipinski definition) is 2. The molecule has 2 nitrogen and oxygen atoms in total. The van der Waals surface area contributed by atoms with Crippen LogP contribution >= 0.6 is 11.6 Å². The molecule has 1 aliphatic heterocycles. The Morgan fingerprint density at radius 1 is 1.50 bits per heavy atom. The Kier molecular flexibility index (Phi) is 4.60. The Morgan fingerprint density at radius 3 is 3.00 bits per heavy atom.